The van der Waals surface area contributed by atoms with Crippen LogP contribution < -0.4 is 5.32 Å². The number of nitrogens with one attached hydrogen (secondary N) is 1. The summed E-state index contributed by atoms with van der Waals surface area (Å²) in [5, 5.41) is 2.42. The molecule has 8 heteroatoms. The van der Waals surface area contributed by atoms with Gasteiger partial charge in [0.1, 0.15) is 17.7 Å². The van der Waals surface area contributed by atoms with Crippen molar-refractivity contribution in [1.29, 1.82) is 0 Å². The number of rotatable bonds is 7. The lowest BCUT2D eigenvalue weighted by molar-refractivity contribution is -0.148. The highest BCUT2D eigenvalue weighted by Crippen LogP contribution is 2.13. The molecule has 0 aromatic heterocycles. The van der Waals surface area contributed by atoms with E-state index in [1.54, 1.807) is 6.92 Å². The number of carbonyl (C=O) groups is 3. The SMILES string of the molecule is COC(=O)C[C@@H](C)[C@@H](NC(=O)Cc1cc(F)cc(F)c1)C(=O)OC. The first-order valence-corrected chi connectivity index (χ1v) is 7.15. The molecule has 0 bridgehead atoms. The molecule has 0 spiro atoms. The van der Waals surface area contributed by atoms with Crippen molar-refractivity contribution >= 4 is 17.8 Å². The van der Waals surface area contributed by atoms with Crippen LogP contribution in [0.4, 0.5) is 8.78 Å². The summed E-state index contributed by atoms with van der Waals surface area (Å²) >= 11 is 0. The fourth-order valence-electron chi connectivity index (χ4n) is 2.15. The fraction of sp³-hybridized carbons (Fsp3) is 0.438. The van der Waals surface area contributed by atoms with Crippen molar-refractivity contribution in [2.75, 3.05) is 14.2 Å². The maximum absolute atomic E-state index is 13.1. The van der Waals surface area contributed by atoms with Crippen LogP contribution in [0.25, 0.3) is 0 Å². The topological polar surface area (TPSA) is 81.7 Å². The van der Waals surface area contributed by atoms with Crippen LogP contribution in [0.3, 0.4) is 0 Å². The molecule has 1 amide bonds. The molecule has 1 rings (SSSR count). The average molecular weight is 343 g/mol. The van der Waals surface area contributed by atoms with E-state index in [1.807, 2.05) is 0 Å². The van der Waals surface area contributed by atoms with Gasteiger partial charge in [-0.05, 0) is 23.6 Å². The summed E-state index contributed by atoms with van der Waals surface area (Å²) in [6.45, 7) is 1.57. The maximum Gasteiger partial charge on any atom is 0.328 e. The van der Waals surface area contributed by atoms with Gasteiger partial charge in [0.05, 0.1) is 27.1 Å². The molecule has 0 saturated carbocycles. The maximum atomic E-state index is 13.1. The van der Waals surface area contributed by atoms with Gasteiger partial charge in [-0.25, -0.2) is 13.6 Å². The first kappa shape index (κ1) is 19.5. The van der Waals surface area contributed by atoms with Gasteiger partial charge in [0.2, 0.25) is 5.91 Å². The van der Waals surface area contributed by atoms with E-state index in [1.165, 1.54) is 7.11 Å². The molecule has 1 aromatic rings. The summed E-state index contributed by atoms with van der Waals surface area (Å²) in [5.41, 5.74) is 0.120. The number of halogens is 2. The Kier molecular flexibility index (Phi) is 7.29. The van der Waals surface area contributed by atoms with Gasteiger partial charge < -0.3 is 14.8 Å². The van der Waals surface area contributed by atoms with Crippen molar-refractivity contribution in [2.45, 2.75) is 25.8 Å². The quantitative estimate of drug-likeness (QED) is 0.756. The number of benzene rings is 1. The molecule has 2 atom stereocenters. The molecule has 1 aromatic carbocycles. The van der Waals surface area contributed by atoms with Crippen molar-refractivity contribution in [3.63, 3.8) is 0 Å². The zero-order chi connectivity index (χ0) is 18.3. The standard InChI is InChI=1S/C16H19F2NO5/c1-9(4-14(21)23-2)15(16(22)24-3)19-13(20)7-10-5-11(17)8-12(18)6-10/h5-6,8-9,15H,4,7H2,1-3H3,(H,19,20)/t9-,15-/m1/s1. The summed E-state index contributed by atoms with van der Waals surface area (Å²) in [6, 6.07) is 1.65. The van der Waals surface area contributed by atoms with Gasteiger partial charge in [0.25, 0.3) is 0 Å². The predicted octanol–water partition coefficient (Wildman–Crippen LogP) is 1.36. The predicted molar refractivity (Wildman–Crippen MR) is 79.8 cm³/mol. The van der Waals surface area contributed by atoms with Crippen LogP contribution in [-0.4, -0.2) is 38.1 Å². The first-order chi connectivity index (χ1) is 11.3. The van der Waals surface area contributed by atoms with E-state index >= 15 is 0 Å². The molecule has 0 unspecified atom stereocenters. The lowest BCUT2D eigenvalue weighted by atomic mass is 9.98. The zero-order valence-corrected chi connectivity index (χ0v) is 13.6. The van der Waals surface area contributed by atoms with Crippen LogP contribution in [0.15, 0.2) is 18.2 Å². The van der Waals surface area contributed by atoms with Crippen LogP contribution in [-0.2, 0) is 30.3 Å². The molecule has 0 fully saturated rings. The number of amides is 1. The highest BCUT2D eigenvalue weighted by molar-refractivity contribution is 5.86. The van der Waals surface area contributed by atoms with E-state index in [0.29, 0.717) is 6.07 Å². The number of methoxy groups -OCH3 is 2. The molecule has 0 aliphatic rings. The zero-order valence-electron chi connectivity index (χ0n) is 13.6. The molecular weight excluding hydrogens is 324 g/mol. The minimum atomic E-state index is -1.08. The van der Waals surface area contributed by atoms with E-state index < -0.39 is 41.4 Å². The van der Waals surface area contributed by atoms with E-state index in [9.17, 15) is 23.2 Å². The Morgan fingerprint density at radius 3 is 2.17 bits per heavy atom. The Balaban J connectivity index is 2.80. The second kappa shape index (κ2) is 8.95. The molecule has 0 aliphatic heterocycles. The van der Waals surface area contributed by atoms with E-state index in [4.69, 9.17) is 0 Å². The Hall–Kier alpha value is -2.51. The normalized spacial score (nSPS) is 12.9. The van der Waals surface area contributed by atoms with E-state index in [-0.39, 0.29) is 18.4 Å². The van der Waals surface area contributed by atoms with Gasteiger partial charge in [-0.3, -0.25) is 9.59 Å². The van der Waals surface area contributed by atoms with Crippen LogP contribution in [0.1, 0.15) is 18.9 Å². The number of carbonyl (C=O) groups excluding carboxylic acids is 3. The Morgan fingerprint density at radius 2 is 1.67 bits per heavy atom. The summed E-state index contributed by atoms with van der Waals surface area (Å²) in [5.74, 6) is -4.10. The molecule has 132 valence electrons. The lowest BCUT2D eigenvalue weighted by Gasteiger charge is -2.22. The molecule has 0 heterocycles. The fourth-order valence-corrected chi connectivity index (χ4v) is 2.15. The Labute approximate surface area is 138 Å². The molecule has 24 heavy (non-hydrogen) atoms. The second-order valence-corrected chi connectivity index (χ2v) is 5.28. The number of hydrogen-bond donors (Lipinski definition) is 1. The molecule has 1 N–H and O–H groups in total. The average Bonchev–Trinajstić information content (AvgIpc) is 2.50. The van der Waals surface area contributed by atoms with Crippen molar-refractivity contribution < 1.29 is 32.6 Å². The lowest BCUT2D eigenvalue weighted by Crippen LogP contribution is -2.47. The largest absolute Gasteiger partial charge is 0.469 e. The highest BCUT2D eigenvalue weighted by atomic mass is 19.1. The summed E-state index contributed by atoms with van der Waals surface area (Å²) in [6.07, 6.45) is -0.432. The van der Waals surface area contributed by atoms with E-state index in [2.05, 4.69) is 14.8 Å². The van der Waals surface area contributed by atoms with Crippen molar-refractivity contribution in [2.24, 2.45) is 5.92 Å². The molecule has 0 aliphatic carbocycles. The third kappa shape index (κ3) is 5.94. The molecule has 0 saturated heterocycles. The Morgan fingerprint density at radius 1 is 1.08 bits per heavy atom. The van der Waals surface area contributed by atoms with Crippen LogP contribution in [0, 0.1) is 17.6 Å². The van der Waals surface area contributed by atoms with Gasteiger partial charge in [-0.2, -0.15) is 0 Å². The number of esters is 2. The number of hydrogen-bond acceptors (Lipinski definition) is 5. The monoisotopic (exact) mass is 343 g/mol. The Bertz CT molecular complexity index is 600. The number of ether oxygens (including phenoxy) is 2. The smallest absolute Gasteiger partial charge is 0.328 e. The van der Waals surface area contributed by atoms with Crippen molar-refractivity contribution in [3.8, 4) is 0 Å². The van der Waals surface area contributed by atoms with Crippen LogP contribution in [0.5, 0.6) is 0 Å². The third-order valence-electron chi connectivity index (χ3n) is 3.34. The highest BCUT2D eigenvalue weighted by Gasteiger charge is 2.29. The van der Waals surface area contributed by atoms with Crippen molar-refractivity contribution in [1.82, 2.24) is 5.32 Å². The summed E-state index contributed by atoms with van der Waals surface area (Å²) in [4.78, 5) is 35.2. The third-order valence-corrected chi connectivity index (χ3v) is 3.34. The van der Waals surface area contributed by atoms with Gasteiger partial charge in [-0.15, -0.1) is 0 Å². The van der Waals surface area contributed by atoms with Crippen LogP contribution >= 0.6 is 0 Å². The minimum absolute atomic E-state index is 0.106. The first-order valence-electron chi connectivity index (χ1n) is 7.15. The van der Waals surface area contributed by atoms with Crippen molar-refractivity contribution in [3.05, 3.63) is 35.4 Å². The summed E-state index contributed by atoms with van der Waals surface area (Å²) in [7, 11) is 2.35. The molecule has 6 nitrogen and oxygen atoms in total. The molecular formula is C16H19F2NO5. The van der Waals surface area contributed by atoms with Gasteiger partial charge in [-0.1, -0.05) is 6.92 Å². The van der Waals surface area contributed by atoms with Gasteiger partial charge >= 0.3 is 11.9 Å². The van der Waals surface area contributed by atoms with Gasteiger partial charge in [0, 0.05) is 6.07 Å². The van der Waals surface area contributed by atoms with E-state index in [0.717, 1.165) is 19.2 Å². The summed E-state index contributed by atoms with van der Waals surface area (Å²) < 4.78 is 35.4. The van der Waals surface area contributed by atoms with Gasteiger partial charge in [0.15, 0.2) is 0 Å². The van der Waals surface area contributed by atoms with Crippen LogP contribution in [0.2, 0.25) is 0 Å². The second-order valence-electron chi connectivity index (χ2n) is 5.28. The molecule has 0 radical (unpaired) electrons. The minimum Gasteiger partial charge on any atom is -0.469 e.